The highest BCUT2D eigenvalue weighted by atomic mass is 16.5. The summed E-state index contributed by atoms with van der Waals surface area (Å²) in [5.41, 5.74) is 0.649. The van der Waals surface area contributed by atoms with Crippen molar-refractivity contribution in [2.75, 3.05) is 32.6 Å². The molecule has 28 heavy (non-hydrogen) atoms. The Bertz CT molecular complexity index is 675. The molecule has 2 amide bonds. The lowest BCUT2D eigenvalue weighted by Crippen LogP contribution is -2.39. The van der Waals surface area contributed by atoms with Crippen LogP contribution in [0.25, 0.3) is 0 Å². The Kier molecular flexibility index (Phi) is 7.18. The molecular formula is C22H32N2O4. The van der Waals surface area contributed by atoms with Gasteiger partial charge in [-0.3, -0.25) is 9.59 Å². The lowest BCUT2D eigenvalue weighted by atomic mass is 9.81. The van der Waals surface area contributed by atoms with Crippen LogP contribution in [0.2, 0.25) is 0 Å². The number of carbonyl (C=O) groups is 2. The molecule has 0 radical (unpaired) electrons. The lowest BCUT2D eigenvalue weighted by molar-refractivity contribution is -0.137. The van der Waals surface area contributed by atoms with E-state index in [2.05, 4.69) is 10.2 Å². The molecule has 1 aliphatic carbocycles. The number of ether oxygens (including phenoxy) is 2. The first-order valence-corrected chi connectivity index (χ1v) is 10.4. The molecule has 154 valence electrons. The SMILES string of the molecule is COc1ccc(NC(=O)C2CCC(C(=O)N3CCCCCC3)CC2)c(OC)c1. The summed E-state index contributed by atoms with van der Waals surface area (Å²) in [5, 5.41) is 2.98. The van der Waals surface area contributed by atoms with Crippen molar-refractivity contribution in [3.8, 4) is 11.5 Å². The Balaban J connectivity index is 1.53. The molecule has 1 aromatic carbocycles. The summed E-state index contributed by atoms with van der Waals surface area (Å²) >= 11 is 0. The van der Waals surface area contributed by atoms with Gasteiger partial charge in [-0.25, -0.2) is 0 Å². The summed E-state index contributed by atoms with van der Waals surface area (Å²) in [7, 11) is 3.17. The minimum atomic E-state index is -0.0556. The Morgan fingerprint density at radius 2 is 1.57 bits per heavy atom. The van der Waals surface area contributed by atoms with E-state index in [9.17, 15) is 9.59 Å². The van der Waals surface area contributed by atoms with Crippen LogP contribution in [-0.2, 0) is 9.59 Å². The van der Waals surface area contributed by atoms with E-state index in [-0.39, 0.29) is 17.7 Å². The van der Waals surface area contributed by atoms with Gasteiger partial charge in [0.2, 0.25) is 11.8 Å². The second-order valence-corrected chi connectivity index (χ2v) is 7.84. The van der Waals surface area contributed by atoms with Crippen LogP contribution in [-0.4, -0.2) is 44.0 Å². The van der Waals surface area contributed by atoms with Crippen LogP contribution in [0.15, 0.2) is 18.2 Å². The van der Waals surface area contributed by atoms with Crippen LogP contribution in [0.3, 0.4) is 0 Å². The van der Waals surface area contributed by atoms with Gasteiger partial charge in [0.25, 0.3) is 0 Å². The van der Waals surface area contributed by atoms with Gasteiger partial charge >= 0.3 is 0 Å². The van der Waals surface area contributed by atoms with Crippen LogP contribution in [0.1, 0.15) is 51.4 Å². The van der Waals surface area contributed by atoms with Crippen LogP contribution in [0, 0.1) is 11.8 Å². The molecule has 0 unspecified atom stereocenters. The number of amides is 2. The third-order valence-corrected chi connectivity index (χ3v) is 6.03. The van der Waals surface area contributed by atoms with Crippen LogP contribution < -0.4 is 14.8 Å². The molecule has 1 aromatic rings. The summed E-state index contributed by atoms with van der Waals surface area (Å²) in [4.78, 5) is 27.6. The molecule has 1 heterocycles. The molecule has 1 N–H and O–H groups in total. The van der Waals surface area contributed by atoms with Crippen molar-refractivity contribution >= 4 is 17.5 Å². The molecule has 1 aliphatic heterocycles. The van der Waals surface area contributed by atoms with E-state index in [4.69, 9.17) is 9.47 Å². The molecule has 6 heteroatoms. The van der Waals surface area contributed by atoms with E-state index < -0.39 is 0 Å². The quantitative estimate of drug-likeness (QED) is 0.832. The molecule has 3 rings (SSSR count). The van der Waals surface area contributed by atoms with Gasteiger partial charge in [0.1, 0.15) is 11.5 Å². The van der Waals surface area contributed by atoms with Crippen molar-refractivity contribution in [3.63, 3.8) is 0 Å². The molecule has 1 saturated heterocycles. The van der Waals surface area contributed by atoms with Gasteiger partial charge in [0.05, 0.1) is 19.9 Å². The Morgan fingerprint density at radius 3 is 2.18 bits per heavy atom. The molecule has 0 bridgehead atoms. The number of benzene rings is 1. The monoisotopic (exact) mass is 388 g/mol. The number of rotatable bonds is 5. The number of hydrogen-bond donors (Lipinski definition) is 1. The first-order valence-electron chi connectivity index (χ1n) is 10.4. The molecule has 2 aliphatic rings. The topological polar surface area (TPSA) is 67.9 Å². The highest BCUT2D eigenvalue weighted by molar-refractivity contribution is 5.94. The third-order valence-electron chi connectivity index (χ3n) is 6.03. The molecule has 0 aromatic heterocycles. The van der Waals surface area contributed by atoms with E-state index in [1.807, 2.05) is 0 Å². The van der Waals surface area contributed by atoms with Gasteiger partial charge in [-0.2, -0.15) is 0 Å². The van der Waals surface area contributed by atoms with Crippen molar-refractivity contribution in [1.82, 2.24) is 4.90 Å². The number of nitrogens with zero attached hydrogens (tertiary/aromatic N) is 1. The summed E-state index contributed by atoms with van der Waals surface area (Å²) in [5.74, 6) is 1.60. The number of nitrogens with one attached hydrogen (secondary N) is 1. The van der Waals surface area contributed by atoms with Crippen molar-refractivity contribution in [3.05, 3.63) is 18.2 Å². The van der Waals surface area contributed by atoms with Gasteiger partial charge in [0.15, 0.2) is 0 Å². The first kappa shape index (κ1) is 20.5. The van der Waals surface area contributed by atoms with Crippen LogP contribution in [0.5, 0.6) is 11.5 Å². The fourth-order valence-corrected chi connectivity index (χ4v) is 4.29. The van der Waals surface area contributed by atoms with E-state index in [0.29, 0.717) is 23.1 Å². The number of carbonyl (C=O) groups excluding carboxylic acids is 2. The third kappa shape index (κ3) is 4.97. The molecule has 6 nitrogen and oxygen atoms in total. The first-order chi connectivity index (χ1) is 13.6. The van der Waals surface area contributed by atoms with Crippen molar-refractivity contribution < 1.29 is 19.1 Å². The number of anilines is 1. The fraction of sp³-hybridized carbons (Fsp3) is 0.636. The maximum atomic E-state index is 12.8. The van der Waals surface area contributed by atoms with E-state index in [1.165, 1.54) is 12.8 Å². The normalized spacial score (nSPS) is 22.9. The van der Waals surface area contributed by atoms with Crippen molar-refractivity contribution in [1.29, 1.82) is 0 Å². The number of hydrogen-bond acceptors (Lipinski definition) is 4. The van der Waals surface area contributed by atoms with Crippen LogP contribution >= 0.6 is 0 Å². The second kappa shape index (κ2) is 9.80. The van der Waals surface area contributed by atoms with Gasteiger partial charge < -0.3 is 19.7 Å². The maximum absolute atomic E-state index is 12.8. The van der Waals surface area contributed by atoms with E-state index in [0.717, 1.165) is 51.6 Å². The minimum Gasteiger partial charge on any atom is -0.497 e. The molecule has 1 saturated carbocycles. The maximum Gasteiger partial charge on any atom is 0.227 e. The summed E-state index contributed by atoms with van der Waals surface area (Å²) < 4.78 is 10.6. The van der Waals surface area contributed by atoms with Crippen LogP contribution in [0.4, 0.5) is 5.69 Å². The molecule has 0 spiro atoms. The van der Waals surface area contributed by atoms with E-state index >= 15 is 0 Å². The van der Waals surface area contributed by atoms with Crippen molar-refractivity contribution in [2.24, 2.45) is 11.8 Å². The molecule has 0 atom stereocenters. The highest BCUT2D eigenvalue weighted by Crippen LogP contribution is 2.33. The van der Waals surface area contributed by atoms with Gasteiger partial charge in [-0.15, -0.1) is 0 Å². The average Bonchev–Trinajstić information content (AvgIpc) is 3.03. The predicted octanol–water partition coefficient (Wildman–Crippen LogP) is 3.85. The largest absolute Gasteiger partial charge is 0.497 e. The zero-order valence-electron chi connectivity index (χ0n) is 17.0. The average molecular weight is 389 g/mol. The number of likely N-dealkylation sites (tertiary alicyclic amines) is 1. The van der Waals surface area contributed by atoms with E-state index in [1.54, 1.807) is 32.4 Å². The summed E-state index contributed by atoms with van der Waals surface area (Å²) in [6.07, 6.45) is 7.81. The molecular weight excluding hydrogens is 356 g/mol. The van der Waals surface area contributed by atoms with Crippen molar-refractivity contribution in [2.45, 2.75) is 51.4 Å². The Morgan fingerprint density at radius 1 is 0.929 bits per heavy atom. The number of methoxy groups -OCH3 is 2. The Hall–Kier alpha value is -2.24. The minimum absolute atomic E-state index is 0.00383. The zero-order valence-corrected chi connectivity index (χ0v) is 17.0. The van der Waals surface area contributed by atoms with Gasteiger partial charge in [-0.1, -0.05) is 12.8 Å². The second-order valence-electron chi connectivity index (χ2n) is 7.84. The predicted molar refractivity (Wildman–Crippen MR) is 109 cm³/mol. The summed E-state index contributed by atoms with van der Waals surface area (Å²) in [6, 6.07) is 5.35. The Labute approximate surface area is 167 Å². The standard InChI is InChI=1S/C22H32N2O4/c1-27-18-11-12-19(20(15-18)28-2)23-21(25)16-7-9-17(10-8-16)22(26)24-13-5-3-4-6-14-24/h11-12,15-17H,3-10,13-14H2,1-2H3,(H,23,25). The lowest BCUT2D eigenvalue weighted by Gasteiger charge is -2.31. The fourth-order valence-electron chi connectivity index (χ4n) is 4.29. The molecule has 2 fully saturated rings. The smallest absolute Gasteiger partial charge is 0.227 e. The zero-order chi connectivity index (χ0) is 19.9. The highest BCUT2D eigenvalue weighted by Gasteiger charge is 2.32. The van der Waals surface area contributed by atoms with Gasteiger partial charge in [0, 0.05) is 31.0 Å². The summed E-state index contributed by atoms with van der Waals surface area (Å²) in [6.45, 7) is 1.80. The van der Waals surface area contributed by atoms with Gasteiger partial charge in [-0.05, 0) is 50.7 Å².